The highest BCUT2D eigenvalue weighted by atomic mass is 32.2. The molecule has 0 heterocycles. The Bertz CT molecular complexity index is 758. The highest BCUT2D eigenvalue weighted by molar-refractivity contribution is 7.92. The lowest BCUT2D eigenvalue weighted by Crippen LogP contribution is -2.15. The van der Waals surface area contributed by atoms with Gasteiger partial charge in [0.05, 0.1) is 11.4 Å². The summed E-state index contributed by atoms with van der Waals surface area (Å²) in [5.41, 5.74) is 7.58. The monoisotopic (exact) mass is 294 g/mol. The second-order valence-corrected chi connectivity index (χ2v) is 6.26. The average Bonchev–Trinajstić information content (AvgIpc) is 2.33. The molecule has 2 aromatic carbocycles. The number of nitrogens with two attached hydrogens (primary N) is 1. The molecule has 0 unspecified atom stereocenters. The van der Waals surface area contributed by atoms with Crippen molar-refractivity contribution in [1.82, 2.24) is 0 Å². The van der Waals surface area contributed by atoms with Gasteiger partial charge in [0.2, 0.25) is 0 Å². The standard InChI is InChI=1S/C14H15FN2O2S/c1-9-3-6-14(12(16)7-9)20(18,19)17-13-8-11(15)5-4-10(13)2/h3-8,17H,16H2,1-2H3. The minimum absolute atomic E-state index is 0.0215. The van der Waals surface area contributed by atoms with Crippen molar-refractivity contribution < 1.29 is 12.8 Å². The lowest BCUT2D eigenvalue weighted by atomic mass is 10.2. The number of nitrogen functional groups attached to an aromatic ring is 1. The average molecular weight is 294 g/mol. The highest BCUT2D eigenvalue weighted by Gasteiger charge is 2.18. The Kier molecular flexibility index (Phi) is 3.67. The number of sulfonamides is 1. The summed E-state index contributed by atoms with van der Waals surface area (Å²) in [7, 11) is -3.84. The number of hydrogen-bond acceptors (Lipinski definition) is 3. The minimum Gasteiger partial charge on any atom is -0.398 e. The van der Waals surface area contributed by atoms with E-state index in [-0.39, 0.29) is 16.3 Å². The first-order chi connectivity index (χ1) is 9.29. The van der Waals surface area contributed by atoms with Gasteiger partial charge in [-0.2, -0.15) is 0 Å². The van der Waals surface area contributed by atoms with E-state index in [1.165, 1.54) is 18.2 Å². The molecule has 0 saturated carbocycles. The summed E-state index contributed by atoms with van der Waals surface area (Å²) in [4.78, 5) is -0.0215. The van der Waals surface area contributed by atoms with Crippen LogP contribution in [0.25, 0.3) is 0 Å². The van der Waals surface area contributed by atoms with Gasteiger partial charge in [0.25, 0.3) is 10.0 Å². The zero-order valence-corrected chi connectivity index (χ0v) is 12.0. The van der Waals surface area contributed by atoms with Crippen molar-refractivity contribution in [2.75, 3.05) is 10.5 Å². The fraction of sp³-hybridized carbons (Fsp3) is 0.143. The Balaban J connectivity index is 2.43. The van der Waals surface area contributed by atoms with Crippen LogP contribution in [0.3, 0.4) is 0 Å². The van der Waals surface area contributed by atoms with Gasteiger partial charge in [0.1, 0.15) is 10.7 Å². The molecule has 0 bridgehead atoms. The van der Waals surface area contributed by atoms with Crippen LogP contribution in [0.4, 0.5) is 15.8 Å². The van der Waals surface area contributed by atoms with Crippen LogP contribution in [0.15, 0.2) is 41.3 Å². The molecule has 0 atom stereocenters. The van der Waals surface area contributed by atoms with E-state index in [0.29, 0.717) is 5.56 Å². The van der Waals surface area contributed by atoms with Gasteiger partial charge in [-0.3, -0.25) is 4.72 Å². The van der Waals surface area contributed by atoms with Gasteiger partial charge in [-0.05, 0) is 49.2 Å². The third-order valence-corrected chi connectivity index (χ3v) is 4.34. The molecule has 0 amide bonds. The maximum absolute atomic E-state index is 13.2. The number of nitrogens with one attached hydrogen (secondary N) is 1. The topological polar surface area (TPSA) is 72.2 Å². The molecule has 6 heteroatoms. The van der Waals surface area contributed by atoms with Crippen LogP contribution in [-0.2, 0) is 10.0 Å². The summed E-state index contributed by atoms with van der Waals surface area (Å²) in [5.74, 6) is -0.509. The molecule has 2 aromatic rings. The predicted molar refractivity (Wildman–Crippen MR) is 77.5 cm³/mol. The predicted octanol–water partition coefficient (Wildman–Crippen LogP) is 2.83. The van der Waals surface area contributed by atoms with Crippen LogP contribution in [0.1, 0.15) is 11.1 Å². The molecule has 0 aliphatic rings. The smallest absolute Gasteiger partial charge is 0.263 e. The van der Waals surface area contributed by atoms with E-state index in [4.69, 9.17) is 5.73 Å². The zero-order valence-electron chi connectivity index (χ0n) is 11.1. The van der Waals surface area contributed by atoms with Crippen LogP contribution in [0.2, 0.25) is 0 Å². The van der Waals surface area contributed by atoms with Crippen molar-refractivity contribution in [2.45, 2.75) is 18.7 Å². The van der Waals surface area contributed by atoms with Crippen molar-refractivity contribution in [3.8, 4) is 0 Å². The van der Waals surface area contributed by atoms with E-state index < -0.39 is 15.8 Å². The van der Waals surface area contributed by atoms with E-state index in [0.717, 1.165) is 11.6 Å². The van der Waals surface area contributed by atoms with E-state index in [9.17, 15) is 12.8 Å². The lowest BCUT2D eigenvalue weighted by Gasteiger charge is -2.12. The summed E-state index contributed by atoms with van der Waals surface area (Å²) < 4.78 is 40.1. The fourth-order valence-corrected chi connectivity index (χ4v) is 3.05. The number of rotatable bonds is 3. The summed E-state index contributed by atoms with van der Waals surface area (Å²) in [6, 6.07) is 8.58. The maximum atomic E-state index is 13.2. The molecule has 0 spiro atoms. The first-order valence-electron chi connectivity index (χ1n) is 5.95. The van der Waals surface area contributed by atoms with Gasteiger partial charge in [-0.25, -0.2) is 12.8 Å². The Morgan fingerprint density at radius 3 is 2.45 bits per heavy atom. The molecule has 4 nitrogen and oxygen atoms in total. The van der Waals surface area contributed by atoms with Crippen molar-refractivity contribution >= 4 is 21.4 Å². The quantitative estimate of drug-likeness (QED) is 0.855. The fourth-order valence-electron chi connectivity index (χ4n) is 1.82. The number of benzene rings is 2. The second-order valence-electron chi connectivity index (χ2n) is 4.61. The summed E-state index contributed by atoms with van der Waals surface area (Å²) in [5, 5.41) is 0. The second kappa shape index (κ2) is 5.13. The van der Waals surface area contributed by atoms with E-state index in [1.807, 2.05) is 6.92 Å². The summed E-state index contributed by atoms with van der Waals surface area (Å²) in [6.45, 7) is 3.51. The lowest BCUT2D eigenvalue weighted by molar-refractivity contribution is 0.601. The molecule has 0 radical (unpaired) electrons. The third kappa shape index (κ3) is 2.91. The molecule has 20 heavy (non-hydrogen) atoms. The van der Waals surface area contributed by atoms with Crippen LogP contribution < -0.4 is 10.5 Å². The van der Waals surface area contributed by atoms with Crippen molar-refractivity contribution in [2.24, 2.45) is 0 Å². The molecule has 0 saturated heterocycles. The molecule has 0 aliphatic carbocycles. The Morgan fingerprint density at radius 2 is 1.80 bits per heavy atom. The molecule has 0 fully saturated rings. The Morgan fingerprint density at radius 1 is 1.10 bits per heavy atom. The Hall–Kier alpha value is -2.08. The van der Waals surface area contributed by atoms with Crippen molar-refractivity contribution in [1.29, 1.82) is 0 Å². The molecule has 0 aliphatic heterocycles. The number of anilines is 2. The first-order valence-corrected chi connectivity index (χ1v) is 7.43. The van der Waals surface area contributed by atoms with Crippen LogP contribution in [0, 0.1) is 19.7 Å². The molecular formula is C14H15FN2O2S. The first kappa shape index (κ1) is 14.3. The summed E-state index contributed by atoms with van der Waals surface area (Å²) >= 11 is 0. The molecular weight excluding hydrogens is 279 g/mol. The SMILES string of the molecule is Cc1ccc(S(=O)(=O)Nc2cc(F)ccc2C)c(N)c1. The van der Waals surface area contributed by atoms with Crippen LogP contribution >= 0.6 is 0 Å². The zero-order chi connectivity index (χ0) is 14.9. The summed E-state index contributed by atoms with van der Waals surface area (Å²) in [6.07, 6.45) is 0. The molecule has 0 aromatic heterocycles. The van der Waals surface area contributed by atoms with Gasteiger partial charge in [0.15, 0.2) is 0 Å². The van der Waals surface area contributed by atoms with E-state index in [2.05, 4.69) is 4.72 Å². The normalized spacial score (nSPS) is 11.3. The number of aryl methyl sites for hydroxylation is 2. The van der Waals surface area contributed by atoms with Gasteiger partial charge in [0, 0.05) is 0 Å². The number of hydrogen-bond donors (Lipinski definition) is 2. The maximum Gasteiger partial charge on any atom is 0.263 e. The number of halogens is 1. The highest BCUT2D eigenvalue weighted by Crippen LogP contribution is 2.24. The van der Waals surface area contributed by atoms with Gasteiger partial charge in [-0.15, -0.1) is 0 Å². The van der Waals surface area contributed by atoms with E-state index in [1.54, 1.807) is 19.1 Å². The van der Waals surface area contributed by atoms with Gasteiger partial charge < -0.3 is 5.73 Å². The van der Waals surface area contributed by atoms with Crippen molar-refractivity contribution in [3.63, 3.8) is 0 Å². The largest absolute Gasteiger partial charge is 0.398 e. The van der Waals surface area contributed by atoms with Gasteiger partial charge in [-0.1, -0.05) is 12.1 Å². The van der Waals surface area contributed by atoms with E-state index >= 15 is 0 Å². The van der Waals surface area contributed by atoms with Gasteiger partial charge >= 0.3 is 0 Å². The third-order valence-electron chi connectivity index (χ3n) is 2.90. The molecule has 2 rings (SSSR count). The van der Waals surface area contributed by atoms with Crippen molar-refractivity contribution in [3.05, 3.63) is 53.3 Å². The van der Waals surface area contributed by atoms with Crippen LogP contribution in [0.5, 0.6) is 0 Å². The Labute approximate surface area is 117 Å². The molecule has 106 valence electrons. The van der Waals surface area contributed by atoms with Crippen LogP contribution in [-0.4, -0.2) is 8.42 Å². The molecule has 3 N–H and O–H groups in total. The minimum atomic E-state index is -3.84.